The summed E-state index contributed by atoms with van der Waals surface area (Å²) in [5.74, 6) is 1.67. The molecule has 1 heterocycles. The number of hydrogen-bond donors (Lipinski definition) is 1. The lowest BCUT2D eigenvalue weighted by Gasteiger charge is -2.31. The van der Waals surface area contributed by atoms with E-state index in [1.165, 1.54) is 44.3 Å². The topological polar surface area (TPSA) is 29.9 Å². The fraction of sp³-hybridized carbons (Fsp3) is 0.824. The Morgan fingerprint density at radius 3 is 2.75 bits per heavy atom. The molecule has 0 radical (unpaired) electrons. The predicted octanol–water partition coefficient (Wildman–Crippen LogP) is 3.81. The van der Waals surface area contributed by atoms with Gasteiger partial charge in [0, 0.05) is 12.2 Å². The minimum atomic E-state index is 0.521. The van der Waals surface area contributed by atoms with E-state index in [4.69, 9.17) is 5.10 Å². The highest BCUT2D eigenvalue weighted by Crippen LogP contribution is 2.32. The van der Waals surface area contributed by atoms with Gasteiger partial charge in [0.15, 0.2) is 0 Å². The van der Waals surface area contributed by atoms with Gasteiger partial charge in [-0.25, -0.2) is 0 Å². The summed E-state index contributed by atoms with van der Waals surface area (Å²) in [4.78, 5) is 0. The van der Waals surface area contributed by atoms with E-state index in [0.717, 1.165) is 24.8 Å². The van der Waals surface area contributed by atoms with Gasteiger partial charge >= 0.3 is 0 Å². The van der Waals surface area contributed by atoms with Crippen LogP contribution in [0.4, 0.5) is 0 Å². The molecular weight excluding hydrogens is 246 g/mol. The van der Waals surface area contributed by atoms with E-state index in [1.807, 2.05) is 0 Å². The van der Waals surface area contributed by atoms with Crippen LogP contribution in [0, 0.1) is 11.8 Å². The molecule has 3 nitrogen and oxygen atoms in total. The van der Waals surface area contributed by atoms with Crippen molar-refractivity contribution in [1.29, 1.82) is 0 Å². The summed E-state index contributed by atoms with van der Waals surface area (Å²) in [6.45, 7) is 8.94. The van der Waals surface area contributed by atoms with E-state index >= 15 is 0 Å². The normalized spacial score (nSPS) is 24.8. The molecule has 3 unspecified atom stereocenters. The van der Waals surface area contributed by atoms with Crippen molar-refractivity contribution in [1.82, 2.24) is 15.1 Å². The fourth-order valence-electron chi connectivity index (χ4n) is 3.34. The molecule has 1 aliphatic rings. The van der Waals surface area contributed by atoms with Crippen LogP contribution in [0.15, 0.2) is 12.3 Å². The van der Waals surface area contributed by atoms with E-state index in [9.17, 15) is 0 Å². The van der Waals surface area contributed by atoms with Gasteiger partial charge in [-0.3, -0.25) is 4.68 Å². The summed E-state index contributed by atoms with van der Waals surface area (Å²) in [7, 11) is 0. The lowest BCUT2D eigenvalue weighted by atomic mass is 9.77. The first-order chi connectivity index (χ1) is 9.74. The molecule has 0 bridgehead atoms. The molecule has 0 amide bonds. The van der Waals surface area contributed by atoms with Crippen LogP contribution in [0.25, 0.3) is 0 Å². The Balaban J connectivity index is 1.94. The van der Waals surface area contributed by atoms with Crippen molar-refractivity contribution >= 4 is 0 Å². The molecular formula is C17H31N3. The average molecular weight is 277 g/mol. The second-order valence-corrected chi connectivity index (χ2v) is 6.36. The average Bonchev–Trinajstić information content (AvgIpc) is 2.94. The van der Waals surface area contributed by atoms with Crippen LogP contribution in [0.5, 0.6) is 0 Å². The van der Waals surface area contributed by atoms with Gasteiger partial charge < -0.3 is 5.32 Å². The lowest BCUT2D eigenvalue weighted by molar-refractivity contribution is 0.227. The van der Waals surface area contributed by atoms with Gasteiger partial charge in [-0.1, -0.05) is 26.7 Å². The third kappa shape index (κ3) is 4.08. The van der Waals surface area contributed by atoms with Gasteiger partial charge in [-0.05, 0) is 63.6 Å². The summed E-state index contributed by atoms with van der Waals surface area (Å²) in [6.07, 6.45) is 10.1. The second kappa shape index (κ2) is 7.82. The molecule has 3 atom stereocenters. The second-order valence-electron chi connectivity index (χ2n) is 6.36. The van der Waals surface area contributed by atoms with E-state index in [-0.39, 0.29) is 0 Å². The number of hydrogen-bond acceptors (Lipinski definition) is 2. The zero-order valence-corrected chi connectivity index (χ0v) is 13.4. The maximum Gasteiger partial charge on any atom is 0.0627 e. The Bertz CT molecular complexity index is 385. The van der Waals surface area contributed by atoms with E-state index in [2.05, 4.69) is 43.0 Å². The Labute approximate surface area is 124 Å². The maximum absolute atomic E-state index is 4.79. The van der Waals surface area contributed by atoms with Gasteiger partial charge in [0.2, 0.25) is 0 Å². The van der Waals surface area contributed by atoms with Crippen LogP contribution in [-0.4, -0.2) is 22.9 Å². The minimum absolute atomic E-state index is 0.521. The SMILES string of the molecule is CCNCC1CCCCC1Cc1ccn(C(C)CC)n1. The van der Waals surface area contributed by atoms with Crippen LogP contribution >= 0.6 is 0 Å². The largest absolute Gasteiger partial charge is 0.317 e. The molecule has 114 valence electrons. The first-order valence-corrected chi connectivity index (χ1v) is 8.49. The molecule has 1 saturated carbocycles. The minimum Gasteiger partial charge on any atom is -0.317 e. The number of nitrogens with zero attached hydrogens (tertiary/aromatic N) is 2. The van der Waals surface area contributed by atoms with Gasteiger partial charge in [0.25, 0.3) is 0 Å². The molecule has 1 aliphatic carbocycles. The monoisotopic (exact) mass is 277 g/mol. The first kappa shape index (κ1) is 15.6. The molecule has 0 aromatic carbocycles. The lowest BCUT2D eigenvalue weighted by Crippen LogP contribution is -2.31. The molecule has 3 heteroatoms. The number of aromatic nitrogens is 2. The maximum atomic E-state index is 4.79. The summed E-state index contributed by atoms with van der Waals surface area (Å²) in [5, 5.41) is 8.33. The van der Waals surface area contributed by atoms with Gasteiger partial charge in [0.1, 0.15) is 0 Å². The number of nitrogens with one attached hydrogen (secondary N) is 1. The third-order valence-electron chi connectivity index (χ3n) is 4.90. The molecule has 0 spiro atoms. The van der Waals surface area contributed by atoms with Crippen LogP contribution < -0.4 is 5.32 Å². The van der Waals surface area contributed by atoms with Crippen LogP contribution in [0.1, 0.15) is 64.6 Å². The molecule has 2 rings (SSSR count). The Morgan fingerprint density at radius 1 is 1.30 bits per heavy atom. The smallest absolute Gasteiger partial charge is 0.0627 e. The highest BCUT2D eigenvalue weighted by atomic mass is 15.3. The Hall–Kier alpha value is -0.830. The van der Waals surface area contributed by atoms with Crippen molar-refractivity contribution in [3.8, 4) is 0 Å². The molecule has 20 heavy (non-hydrogen) atoms. The van der Waals surface area contributed by atoms with E-state index < -0.39 is 0 Å². The summed E-state index contributed by atoms with van der Waals surface area (Å²) >= 11 is 0. The van der Waals surface area contributed by atoms with Crippen LogP contribution in [0.2, 0.25) is 0 Å². The molecule has 0 aliphatic heterocycles. The zero-order chi connectivity index (χ0) is 14.4. The molecule has 1 fully saturated rings. The molecule has 1 aromatic heterocycles. The van der Waals surface area contributed by atoms with Gasteiger partial charge in [0.05, 0.1) is 5.69 Å². The van der Waals surface area contributed by atoms with Crippen molar-refractivity contribution in [3.05, 3.63) is 18.0 Å². The zero-order valence-electron chi connectivity index (χ0n) is 13.4. The van der Waals surface area contributed by atoms with Crippen LogP contribution in [-0.2, 0) is 6.42 Å². The standard InChI is InChI=1S/C17H31N3/c1-4-14(3)20-11-10-17(19-20)12-15-8-6-7-9-16(15)13-18-5-2/h10-11,14-16,18H,4-9,12-13H2,1-3H3. The van der Waals surface area contributed by atoms with Crippen molar-refractivity contribution in [3.63, 3.8) is 0 Å². The summed E-state index contributed by atoms with van der Waals surface area (Å²) in [5.41, 5.74) is 1.29. The van der Waals surface area contributed by atoms with Crippen molar-refractivity contribution in [2.45, 2.75) is 65.3 Å². The molecule has 1 N–H and O–H groups in total. The van der Waals surface area contributed by atoms with E-state index in [1.54, 1.807) is 0 Å². The van der Waals surface area contributed by atoms with Crippen molar-refractivity contribution < 1.29 is 0 Å². The summed E-state index contributed by atoms with van der Waals surface area (Å²) in [6, 6.07) is 2.75. The summed E-state index contributed by atoms with van der Waals surface area (Å²) < 4.78 is 2.14. The predicted molar refractivity (Wildman–Crippen MR) is 84.9 cm³/mol. The Kier molecular flexibility index (Phi) is 6.08. The van der Waals surface area contributed by atoms with Crippen molar-refractivity contribution in [2.75, 3.05) is 13.1 Å². The highest BCUT2D eigenvalue weighted by Gasteiger charge is 2.25. The molecule has 0 saturated heterocycles. The van der Waals surface area contributed by atoms with Gasteiger partial charge in [-0.15, -0.1) is 0 Å². The molecule has 1 aromatic rings. The fourth-order valence-corrected chi connectivity index (χ4v) is 3.34. The number of rotatable bonds is 7. The van der Waals surface area contributed by atoms with E-state index in [0.29, 0.717) is 6.04 Å². The van der Waals surface area contributed by atoms with Crippen LogP contribution in [0.3, 0.4) is 0 Å². The highest BCUT2D eigenvalue weighted by molar-refractivity contribution is 5.02. The first-order valence-electron chi connectivity index (χ1n) is 8.49. The van der Waals surface area contributed by atoms with Crippen molar-refractivity contribution in [2.24, 2.45) is 11.8 Å². The van der Waals surface area contributed by atoms with Gasteiger partial charge in [-0.2, -0.15) is 5.10 Å². The Morgan fingerprint density at radius 2 is 2.05 bits per heavy atom. The third-order valence-corrected chi connectivity index (χ3v) is 4.90. The quantitative estimate of drug-likeness (QED) is 0.821.